The molecule has 9 aromatic carbocycles. The fourth-order valence-electron chi connectivity index (χ4n) is 15.9. The van der Waals surface area contributed by atoms with Crippen molar-refractivity contribution < 1.29 is 130 Å². The number of carbonyl (C=O) groups is 3. The van der Waals surface area contributed by atoms with Gasteiger partial charge in [0.1, 0.15) is 0 Å². The number of allylic oxidation sites excluding steroid dienone is 6. The number of nitrogens with zero attached hydrogens (tertiary/aromatic N) is 3. The van der Waals surface area contributed by atoms with Crippen LogP contribution >= 0.6 is 34.0 Å². The first-order chi connectivity index (χ1) is 59.4. The SMILES string of the molecule is CC(=O)C=C(C)O.CC(C)C(O)=CC(=O)C(F)(F)F.CC(C)CC(O)=CC(=O)C(F)(F)F.[CH2-]c1c(-c2c3sc4c(C)c(C)ccc4c3cc[n+]2[CH2-])cc(C(C)(C)C)c2ccccc12.[CH2-]c1c(-c2c3sc4c(C)c(C)ccc4c3cc[n+]2[CH2-])cc(C(C)(C)C)c2ccccc12.[CH2-]c1c(-c2c3sc4cc(CC(C)(C)C)ccc4c3cc[n+]2[CH2-])cc(C(C)(C)C)c2ccccc12.[Ir].[Ir].[Ir]. The summed E-state index contributed by atoms with van der Waals surface area (Å²) in [5, 5.41) is 41.4. The fraction of sp³-hybridized carbons (Fsp3) is 0.291. The van der Waals surface area contributed by atoms with Crippen molar-refractivity contribution in [3.8, 4) is 33.8 Å². The molecule has 0 atom stereocenters. The van der Waals surface area contributed by atoms with Crippen molar-refractivity contribution in [1.29, 1.82) is 0 Å². The number of benzene rings is 9. The van der Waals surface area contributed by atoms with Crippen molar-refractivity contribution in [3.63, 3.8) is 0 Å². The third kappa shape index (κ3) is 24.8. The van der Waals surface area contributed by atoms with Crippen molar-refractivity contribution in [3.05, 3.63) is 309 Å². The normalized spacial score (nSPS) is 12.3. The molecule has 0 aliphatic rings. The number of pyridine rings is 3. The second-order valence-corrected chi connectivity index (χ2v) is 41.2. The monoisotopic (exact) mass is 2370 g/mol. The zero-order chi connectivity index (χ0) is 95.0. The molecule has 0 aliphatic carbocycles. The standard InChI is InChI=1S/C32H34NS.2C29H28NS.C8H11F3O2.C7H9F3O2.C5H8O2.3Ir/c1-20-22-11-9-10-12-23(22)27(32(5,6)7)18-26(20)29-30-25(15-16-33(29)8)24-14-13-21(17-28(24)34-30)19-31(2,3)4;2*1-17-12-13-22-23-14-15-30(7)26(28(23)31-27(22)18(17)2)24-16-25(29(4,5)6)21-11-9-8-10-20(21)19(24)3;1-5(2)3-6(12)4-7(13)8(9,10)11;1-4(2)5(11)3-6(12)7(8,9)10;1-4(6)3-5(2)7;;;/h9-18H,1,8,19H2,2-7H3;2*8-16H,3,7H2,1-2,4-6H3;4-5,12H,3H2,1-2H3;3-4,11H,1-2H3;3,6H,1-2H3;;;/q3*-1;;;;;;. The molecule has 699 valence electrons. The number of aromatic nitrogens is 3. The van der Waals surface area contributed by atoms with Crippen molar-refractivity contribution in [2.75, 3.05) is 0 Å². The number of fused-ring (bicyclic) bond motifs is 12. The van der Waals surface area contributed by atoms with Gasteiger partial charge in [-0.25, -0.2) is 0 Å². The van der Waals surface area contributed by atoms with Crippen LogP contribution in [0.25, 0.3) is 127 Å². The van der Waals surface area contributed by atoms with Gasteiger partial charge in [0.25, 0.3) is 11.6 Å². The van der Waals surface area contributed by atoms with Crippen LogP contribution in [-0.2, 0) is 97.4 Å². The first kappa shape index (κ1) is 108. The Morgan fingerprint density at radius 2 is 0.718 bits per heavy atom. The minimum Gasteiger partial charge on any atom is -0.512 e. The van der Waals surface area contributed by atoms with E-state index >= 15 is 0 Å². The van der Waals surface area contributed by atoms with Gasteiger partial charge in [0.15, 0.2) is 5.78 Å². The van der Waals surface area contributed by atoms with Gasteiger partial charge in [-0.2, -0.15) is 63.8 Å². The molecule has 15 rings (SSSR count). The molecule has 0 fully saturated rings. The number of hydrogen-bond acceptors (Lipinski definition) is 9. The zero-order valence-corrected chi connectivity index (χ0v) is 88.2. The van der Waals surface area contributed by atoms with E-state index in [9.17, 15) is 40.7 Å². The summed E-state index contributed by atoms with van der Waals surface area (Å²) in [4.78, 5) is 30.5. The molecule has 9 nitrogen and oxygen atoms in total. The Balaban J connectivity index is 0.000000228. The Hall–Kier alpha value is -9.75. The quantitative estimate of drug-likeness (QED) is 0.0412. The maximum Gasteiger partial charge on any atom is 0.454 e. The molecule has 0 spiro atoms. The van der Waals surface area contributed by atoms with Gasteiger partial charge >= 0.3 is 12.4 Å². The first-order valence-electron chi connectivity index (χ1n) is 42.5. The predicted molar refractivity (Wildman–Crippen MR) is 526 cm³/mol. The van der Waals surface area contributed by atoms with Crippen LogP contribution in [0.2, 0.25) is 0 Å². The van der Waals surface area contributed by atoms with Gasteiger partial charge in [0, 0.05) is 140 Å². The molecule has 0 saturated heterocycles. The van der Waals surface area contributed by atoms with Gasteiger partial charge in [-0.3, -0.25) is 14.4 Å². The van der Waals surface area contributed by atoms with Crippen molar-refractivity contribution >= 4 is 144 Å². The molecule has 6 heterocycles. The van der Waals surface area contributed by atoms with Gasteiger partial charge in [-0.15, -0.1) is 103 Å². The molecule has 6 aromatic heterocycles. The van der Waals surface area contributed by atoms with Crippen LogP contribution < -0.4 is 13.7 Å². The summed E-state index contributed by atoms with van der Waals surface area (Å²) in [6.45, 7) is 59.2. The minimum absolute atomic E-state index is 0. The molecule has 0 amide bonds. The molecule has 131 heavy (non-hydrogen) atoms. The summed E-state index contributed by atoms with van der Waals surface area (Å²) in [7, 11) is 13.1. The minimum atomic E-state index is -4.90. The van der Waals surface area contributed by atoms with Crippen LogP contribution in [0.5, 0.6) is 0 Å². The predicted octanol–water partition coefficient (Wildman–Crippen LogP) is 30.5. The van der Waals surface area contributed by atoms with Gasteiger partial charge in [0.05, 0.1) is 52.9 Å². The number of aliphatic hydroxyl groups excluding tert-OH is 3. The number of ketones is 3. The summed E-state index contributed by atoms with van der Waals surface area (Å²) in [5.74, 6) is -5.67. The molecular formula is C110H118F6Ir3N3O6S3-3. The van der Waals surface area contributed by atoms with Gasteiger partial charge in [-0.1, -0.05) is 235 Å². The Labute approximate surface area is 820 Å². The largest absolute Gasteiger partial charge is 0.512 e. The van der Waals surface area contributed by atoms with Crippen LogP contribution in [0.1, 0.15) is 192 Å². The summed E-state index contributed by atoms with van der Waals surface area (Å²) >= 11 is 5.63. The third-order valence-corrected chi connectivity index (χ3v) is 26.4. The summed E-state index contributed by atoms with van der Waals surface area (Å²) in [5.41, 5.74) is 21.3. The molecule has 3 radical (unpaired) electrons. The van der Waals surface area contributed by atoms with Crippen LogP contribution in [0.15, 0.2) is 206 Å². The van der Waals surface area contributed by atoms with E-state index in [-0.39, 0.29) is 118 Å². The second-order valence-electron chi connectivity index (χ2n) is 38.1. The van der Waals surface area contributed by atoms with E-state index < -0.39 is 41.4 Å². The van der Waals surface area contributed by atoms with E-state index in [0.29, 0.717) is 0 Å². The van der Waals surface area contributed by atoms with Gasteiger partial charge < -0.3 is 29.0 Å². The van der Waals surface area contributed by atoms with E-state index in [4.69, 9.17) is 15.3 Å². The fourth-order valence-corrected chi connectivity index (χ4v) is 20.0. The third-order valence-electron chi connectivity index (χ3n) is 22.5. The van der Waals surface area contributed by atoms with E-state index in [0.717, 1.165) is 40.2 Å². The van der Waals surface area contributed by atoms with E-state index in [1.807, 2.05) is 47.7 Å². The topological polar surface area (TPSA) is 124 Å². The molecule has 21 heteroatoms. The molecule has 0 bridgehead atoms. The number of carbonyl (C=O) groups excluding carboxylic acids is 3. The number of alkyl halides is 6. The molecule has 3 N–H and O–H groups in total. The van der Waals surface area contributed by atoms with Crippen LogP contribution in [0.4, 0.5) is 26.3 Å². The Bertz CT molecular complexity index is 6680. The van der Waals surface area contributed by atoms with Crippen LogP contribution in [-0.4, -0.2) is 45.0 Å². The molecule has 0 saturated carbocycles. The van der Waals surface area contributed by atoms with E-state index in [2.05, 4.69) is 323 Å². The summed E-state index contributed by atoms with van der Waals surface area (Å²) < 4.78 is 83.6. The number of rotatable bonds is 10. The Morgan fingerprint density at radius 1 is 0.405 bits per heavy atom. The number of halogens is 6. The maximum absolute atomic E-state index is 11.6. The summed E-state index contributed by atoms with van der Waals surface area (Å²) in [6, 6.07) is 55.6. The van der Waals surface area contributed by atoms with Gasteiger partial charge in [-0.05, 0) is 160 Å². The number of aryl methyl sites for hydroxylation is 4. The molecule has 0 aliphatic heterocycles. The maximum atomic E-state index is 11.6. The van der Waals surface area contributed by atoms with E-state index in [1.54, 1.807) is 13.8 Å². The Morgan fingerprint density at radius 3 is 1.02 bits per heavy atom. The summed E-state index contributed by atoms with van der Waals surface area (Å²) in [6.07, 6.45) is -0.796. The number of thiophene rings is 3. The van der Waals surface area contributed by atoms with Crippen molar-refractivity contribution in [1.82, 2.24) is 0 Å². The van der Waals surface area contributed by atoms with Crippen LogP contribution in [0.3, 0.4) is 0 Å². The van der Waals surface area contributed by atoms with Crippen molar-refractivity contribution in [2.24, 2.45) is 17.3 Å². The van der Waals surface area contributed by atoms with Gasteiger partial charge in [0.2, 0.25) is 0 Å². The first-order valence-corrected chi connectivity index (χ1v) is 45.0. The molecule has 15 aromatic rings. The van der Waals surface area contributed by atoms with E-state index in [1.165, 1.54) is 188 Å². The second kappa shape index (κ2) is 42.6. The smallest absolute Gasteiger partial charge is 0.454 e. The average Bonchev–Trinajstić information content (AvgIpc) is 1.52. The number of aliphatic hydroxyl groups is 3. The average molecular weight is 2370 g/mol. The van der Waals surface area contributed by atoms with Crippen LogP contribution in [0, 0.1) is 86.9 Å². The molecule has 0 unspecified atom stereocenters. The Kier molecular flexibility index (Phi) is 35.2. The van der Waals surface area contributed by atoms with Crippen molar-refractivity contribution in [2.45, 2.75) is 194 Å². The zero-order valence-electron chi connectivity index (χ0n) is 78.6. The number of hydrogen-bond donors (Lipinski definition) is 3. The molecular weight excluding hydrogens is 2250 g/mol.